The van der Waals surface area contributed by atoms with Gasteiger partial charge in [-0.15, -0.1) is 0 Å². The van der Waals surface area contributed by atoms with Crippen molar-refractivity contribution in [3.8, 4) is 5.82 Å². The third-order valence-corrected chi connectivity index (χ3v) is 2.04. The number of rotatable bonds is 1. The lowest BCUT2D eigenvalue weighted by atomic mass is 10.4. The summed E-state index contributed by atoms with van der Waals surface area (Å²) in [5.74, 6) is -0.0745. The summed E-state index contributed by atoms with van der Waals surface area (Å²) < 4.78 is 37.9. The minimum atomic E-state index is -4.46. The minimum absolute atomic E-state index is 0.0246. The Morgan fingerprint density at radius 1 is 1.29 bits per heavy atom. The number of halogens is 4. The summed E-state index contributed by atoms with van der Waals surface area (Å²) in [5.41, 5.74) is 4.44. The van der Waals surface area contributed by atoms with E-state index in [1.54, 1.807) is 0 Å². The van der Waals surface area contributed by atoms with Crippen molar-refractivity contribution in [1.29, 1.82) is 0 Å². The molecule has 0 amide bonds. The second-order valence-electron chi connectivity index (χ2n) is 3.08. The number of anilines is 1. The van der Waals surface area contributed by atoms with Crippen molar-refractivity contribution < 1.29 is 13.2 Å². The first-order valence-electron chi connectivity index (χ1n) is 4.28. The number of hydrogen-bond donors (Lipinski definition) is 1. The molecule has 0 aromatic carbocycles. The summed E-state index contributed by atoms with van der Waals surface area (Å²) in [6.07, 6.45) is -2.98. The Hall–Kier alpha value is -1.83. The highest BCUT2D eigenvalue weighted by Crippen LogP contribution is 2.29. The van der Waals surface area contributed by atoms with E-state index < -0.39 is 11.7 Å². The van der Waals surface area contributed by atoms with E-state index in [0.29, 0.717) is 6.20 Å². The van der Waals surface area contributed by atoms with Gasteiger partial charge < -0.3 is 5.73 Å². The molecule has 2 rings (SSSR count). The number of nitrogen functional groups attached to an aromatic ring is 1. The van der Waals surface area contributed by atoms with E-state index in [0.717, 1.165) is 10.9 Å². The van der Waals surface area contributed by atoms with E-state index in [2.05, 4.69) is 15.1 Å². The molecule has 0 fully saturated rings. The van der Waals surface area contributed by atoms with Crippen LogP contribution in [0.5, 0.6) is 0 Å². The van der Waals surface area contributed by atoms with Crippen molar-refractivity contribution in [3.05, 3.63) is 29.2 Å². The molecule has 2 heterocycles. The molecule has 0 spiro atoms. The molecule has 0 aliphatic rings. The molecule has 0 radical (unpaired) electrons. The monoisotopic (exact) mass is 263 g/mol. The van der Waals surface area contributed by atoms with E-state index >= 15 is 0 Å². The Balaban J connectivity index is 2.44. The van der Waals surface area contributed by atoms with Crippen LogP contribution in [0, 0.1) is 0 Å². The maximum absolute atomic E-state index is 12.3. The summed E-state index contributed by atoms with van der Waals surface area (Å²) in [5, 5.41) is 3.55. The molecule has 2 N–H and O–H groups in total. The first kappa shape index (κ1) is 11.6. The van der Waals surface area contributed by atoms with Crippen molar-refractivity contribution in [3.63, 3.8) is 0 Å². The zero-order chi connectivity index (χ0) is 12.6. The Labute approximate surface area is 98.0 Å². The van der Waals surface area contributed by atoms with Gasteiger partial charge in [-0.25, -0.2) is 9.67 Å². The van der Waals surface area contributed by atoms with Gasteiger partial charge in [0.25, 0.3) is 0 Å². The van der Waals surface area contributed by atoms with Gasteiger partial charge in [-0.3, -0.25) is 0 Å². The van der Waals surface area contributed by atoms with Crippen LogP contribution in [0.15, 0.2) is 18.5 Å². The number of hydrogen-bond acceptors (Lipinski definition) is 4. The van der Waals surface area contributed by atoms with Crippen molar-refractivity contribution >= 4 is 17.5 Å². The fourth-order valence-electron chi connectivity index (χ4n) is 1.13. The topological polar surface area (TPSA) is 69.6 Å². The summed E-state index contributed by atoms with van der Waals surface area (Å²) >= 11 is 5.60. The van der Waals surface area contributed by atoms with Gasteiger partial charge in [0, 0.05) is 12.3 Å². The standard InChI is InChI=1S/C8H5ClF3N5/c9-5-1-6(16-7(13)15-5)17-3-4(2-14-17)8(10,11)12/h1-3H,(H2,13,15,16). The van der Waals surface area contributed by atoms with E-state index in [1.165, 1.54) is 6.07 Å². The lowest BCUT2D eigenvalue weighted by molar-refractivity contribution is -0.137. The largest absolute Gasteiger partial charge is 0.419 e. The van der Waals surface area contributed by atoms with Gasteiger partial charge in [0.1, 0.15) is 5.15 Å². The molecule has 0 aliphatic heterocycles. The smallest absolute Gasteiger partial charge is 0.368 e. The maximum atomic E-state index is 12.3. The summed E-state index contributed by atoms with van der Waals surface area (Å²) in [6, 6.07) is 1.26. The quantitative estimate of drug-likeness (QED) is 0.798. The SMILES string of the molecule is Nc1nc(Cl)cc(-n2cc(C(F)(F)F)cn2)n1. The fraction of sp³-hybridized carbons (Fsp3) is 0.125. The Kier molecular flexibility index (Phi) is 2.66. The van der Waals surface area contributed by atoms with Crippen molar-refractivity contribution in [2.24, 2.45) is 0 Å². The van der Waals surface area contributed by atoms with Gasteiger partial charge in [-0.05, 0) is 0 Å². The second kappa shape index (κ2) is 3.88. The average Bonchev–Trinajstić information content (AvgIpc) is 2.63. The van der Waals surface area contributed by atoms with Crippen LogP contribution >= 0.6 is 11.6 Å². The molecular formula is C8H5ClF3N5. The lowest BCUT2D eigenvalue weighted by Gasteiger charge is -2.02. The Bertz CT molecular complexity index is 530. The number of nitrogens with zero attached hydrogens (tertiary/aromatic N) is 4. The summed E-state index contributed by atoms with van der Waals surface area (Å²) in [6.45, 7) is 0. The zero-order valence-corrected chi connectivity index (χ0v) is 8.87. The number of aromatic nitrogens is 4. The Morgan fingerprint density at radius 2 is 2.00 bits per heavy atom. The zero-order valence-electron chi connectivity index (χ0n) is 8.11. The average molecular weight is 264 g/mol. The van der Waals surface area contributed by atoms with Crippen LogP contribution in [-0.4, -0.2) is 19.7 Å². The third kappa shape index (κ3) is 2.47. The second-order valence-corrected chi connectivity index (χ2v) is 3.47. The normalized spacial score (nSPS) is 11.8. The van der Waals surface area contributed by atoms with Crippen LogP contribution in [-0.2, 0) is 6.18 Å². The van der Waals surface area contributed by atoms with Crippen molar-refractivity contribution in [2.75, 3.05) is 5.73 Å². The molecule has 17 heavy (non-hydrogen) atoms. The van der Waals surface area contributed by atoms with Crippen LogP contribution < -0.4 is 5.73 Å². The fourth-order valence-corrected chi connectivity index (χ4v) is 1.32. The molecule has 9 heteroatoms. The molecule has 2 aromatic rings. The molecule has 2 aromatic heterocycles. The molecule has 0 saturated heterocycles. The Morgan fingerprint density at radius 3 is 2.53 bits per heavy atom. The van der Waals surface area contributed by atoms with Gasteiger partial charge >= 0.3 is 6.18 Å². The van der Waals surface area contributed by atoms with Gasteiger partial charge in [0.05, 0.1) is 11.8 Å². The molecular weight excluding hydrogens is 259 g/mol. The van der Waals surface area contributed by atoms with Gasteiger partial charge in [-0.1, -0.05) is 11.6 Å². The van der Waals surface area contributed by atoms with Gasteiger partial charge in [-0.2, -0.15) is 23.3 Å². The van der Waals surface area contributed by atoms with Crippen LogP contribution in [0.25, 0.3) is 5.82 Å². The highest BCUT2D eigenvalue weighted by Gasteiger charge is 2.32. The molecule has 0 unspecified atom stereocenters. The number of nitrogens with two attached hydrogens (primary N) is 1. The summed E-state index contributed by atoms with van der Waals surface area (Å²) in [7, 11) is 0. The molecule has 0 saturated carbocycles. The summed E-state index contributed by atoms with van der Waals surface area (Å²) in [4.78, 5) is 7.30. The van der Waals surface area contributed by atoms with Crippen LogP contribution in [0.2, 0.25) is 5.15 Å². The molecule has 90 valence electrons. The number of alkyl halides is 3. The van der Waals surface area contributed by atoms with E-state index in [9.17, 15) is 13.2 Å². The van der Waals surface area contributed by atoms with Crippen molar-refractivity contribution in [2.45, 2.75) is 6.18 Å². The van der Waals surface area contributed by atoms with Gasteiger partial charge in [0.2, 0.25) is 5.95 Å². The van der Waals surface area contributed by atoms with Gasteiger partial charge in [0.15, 0.2) is 5.82 Å². The predicted molar refractivity (Wildman–Crippen MR) is 53.6 cm³/mol. The highest BCUT2D eigenvalue weighted by atomic mass is 35.5. The van der Waals surface area contributed by atoms with Crippen LogP contribution in [0.4, 0.5) is 19.1 Å². The molecule has 0 bridgehead atoms. The third-order valence-electron chi connectivity index (χ3n) is 1.84. The first-order chi connectivity index (χ1) is 7.86. The molecule has 0 aliphatic carbocycles. The minimum Gasteiger partial charge on any atom is -0.368 e. The molecule has 0 atom stereocenters. The van der Waals surface area contributed by atoms with Crippen LogP contribution in [0.3, 0.4) is 0 Å². The maximum Gasteiger partial charge on any atom is 0.419 e. The van der Waals surface area contributed by atoms with E-state index in [-0.39, 0.29) is 16.9 Å². The van der Waals surface area contributed by atoms with E-state index in [4.69, 9.17) is 17.3 Å². The van der Waals surface area contributed by atoms with Crippen LogP contribution in [0.1, 0.15) is 5.56 Å². The van der Waals surface area contributed by atoms with E-state index in [1.807, 2.05) is 0 Å². The van der Waals surface area contributed by atoms with Crippen molar-refractivity contribution in [1.82, 2.24) is 19.7 Å². The predicted octanol–water partition coefficient (Wildman–Crippen LogP) is 1.92. The lowest BCUT2D eigenvalue weighted by Crippen LogP contribution is -2.05. The molecule has 5 nitrogen and oxygen atoms in total. The highest BCUT2D eigenvalue weighted by molar-refractivity contribution is 6.29. The first-order valence-corrected chi connectivity index (χ1v) is 4.66.